The Hall–Kier alpha value is -2.12. The molecule has 0 aromatic heterocycles. The first-order valence-electron chi connectivity index (χ1n) is 8.15. The van der Waals surface area contributed by atoms with Crippen LogP contribution in [0.5, 0.6) is 0 Å². The van der Waals surface area contributed by atoms with Crippen LogP contribution in [0.25, 0.3) is 0 Å². The normalized spacial score (nSPS) is 26.5. The standard InChI is InChI=1S/C17H13F11O3/c1-11(30,9-5-3-4-8(6-9)10(29)31-2)7-12(18)13(19,20)15(23,24)17(27,28)16(25,26)14(12,21)22/h3-6,30H,7H2,1-2H3. The maximum atomic E-state index is 14.9. The lowest BCUT2D eigenvalue weighted by Crippen LogP contribution is -2.84. The molecule has 0 saturated heterocycles. The molecule has 31 heavy (non-hydrogen) atoms. The maximum absolute atomic E-state index is 14.9. The molecule has 0 amide bonds. The molecule has 1 aliphatic rings. The van der Waals surface area contributed by atoms with Crippen LogP contribution >= 0.6 is 0 Å². The van der Waals surface area contributed by atoms with Gasteiger partial charge in [0.2, 0.25) is 0 Å². The van der Waals surface area contributed by atoms with E-state index in [0.29, 0.717) is 13.0 Å². The van der Waals surface area contributed by atoms with Crippen molar-refractivity contribution in [2.75, 3.05) is 7.11 Å². The van der Waals surface area contributed by atoms with Crippen molar-refractivity contribution in [1.82, 2.24) is 0 Å². The highest BCUT2D eigenvalue weighted by atomic mass is 19.4. The summed E-state index contributed by atoms with van der Waals surface area (Å²) in [4.78, 5) is 11.5. The van der Waals surface area contributed by atoms with Gasteiger partial charge in [0.15, 0.2) is 0 Å². The molecule has 0 bridgehead atoms. The first kappa shape index (κ1) is 25.1. The second kappa shape index (κ2) is 6.69. The summed E-state index contributed by atoms with van der Waals surface area (Å²) in [5.74, 6) is -37.1. The van der Waals surface area contributed by atoms with Crippen molar-refractivity contribution in [2.24, 2.45) is 0 Å². The lowest BCUT2D eigenvalue weighted by molar-refractivity contribution is -0.488. The second-order valence-corrected chi connectivity index (χ2v) is 7.20. The number of aliphatic hydroxyl groups is 1. The molecule has 176 valence electrons. The largest absolute Gasteiger partial charge is 0.465 e. The molecule has 0 radical (unpaired) electrons. The Labute approximate surface area is 166 Å². The van der Waals surface area contributed by atoms with Crippen LogP contribution in [0.1, 0.15) is 29.3 Å². The number of rotatable bonds is 4. The van der Waals surface area contributed by atoms with Crippen molar-refractivity contribution < 1.29 is 62.9 Å². The van der Waals surface area contributed by atoms with E-state index in [1.807, 2.05) is 0 Å². The van der Waals surface area contributed by atoms with Gasteiger partial charge in [-0.2, -0.15) is 43.9 Å². The van der Waals surface area contributed by atoms with E-state index in [1.165, 1.54) is 0 Å². The van der Waals surface area contributed by atoms with Crippen LogP contribution in [0.2, 0.25) is 0 Å². The third-order valence-corrected chi connectivity index (χ3v) is 5.07. The van der Waals surface area contributed by atoms with Gasteiger partial charge in [0, 0.05) is 6.42 Å². The van der Waals surface area contributed by atoms with Gasteiger partial charge in [-0.25, -0.2) is 9.18 Å². The molecular weight excluding hydrogens is 461 g/mol. The fourth-order valence-corrected chi connectivity index (χ4v) is 3.18. The number of halogens is 11. The van der Waals surface area contributed by atoms with Gasteiger partial charge in [0.25, 0.3) is 5.67 Å². The van der Waals surface area contributed by atoms with Crippen molar-refractivity contribution in [3.05, 3.63) is 35.4 Å². The minimum absolute atomic E-state index is 0.305. The van der Waals surface area contributed by atoms with Crippen LogP contribution in [0.15, 0.2) is 24.3 Å². The maximum Gasteiger partial charge on any atom is 0.384 e. The van der Waals surface area contributed by atoms with E-state index in [9.17, 15) is 58.2 Å². The van der Waals surface area contributed by atoms with Crippen molar-refractivity contribution in [3.63, 3.8) is 0 Å². The molecule has 3 nitrogen and oxygen atoms in total. The molecule has 1 saturated carbocycles. The number of hydrogen-bond donors (Lipinski definition) is 1. The van der Waals surface area contributed by atoms with E-state index in [-0.39, 0.29) is 0 Å². The molecule has 0 heterocycles. The summed E-state index contributed by atoms with van der Waals surface area (Å²) in [5.41, 5.74) is -11.0. The molecule has 0 aliphatic heterocycles. The number of benzene rings is 1. The van der Waals surface area contributed by atoms with Gasteiger partial charge in [-0.3, -0.25) is 0 Å². The molecule has 1 aromatic rings. The Morgan fingerprint density at radius 3 is 1.71 bits per heavy atom. The highest BCUT2D eigenvalue weighted by molar-refractivity contribution is 5.89. The van der Waals surface area contributed by atoms with Crippen molar-refractivity contribution in [1.29, 1.82) is 0 Å². The summed E-state index contributed by atoms with van der Waals surface area (Å²) in [5, 5.41) is 10.3. The monoisotopic (exact) mass is 474 g/mol. The van der Waals surface area contributed by atoms with Gasteiger partial charge >= 0.3 is 35.6 Å². The third-order valence-electron chi connectivity index (χ3n) is 5.07. The third kappa shape index (κ3) is 2.93. The fourth-order valence-electron chi connectivity index (χ4n) is 3.18. The molecule has 1 unspecified atom stereocenters. The van der Waals surface area contributed by atoms with E-state index >= 15 is 0 Å². The Kier molecular flexibility index (Phi) is 5.42. The number of ether oxygens (including phenoxy) is 1. The van der Waals surface area contributed by atoms with Crippen LogP contribution in [0, 0.1) is 0 Å². The van der Waals surface area contributed by atoms with E-state index in [2.05, 4.69) is 4.74 Å². The molecular formula is C17H13F11O3. The fraction of sp³-hybridized carbons (Fsp3) is 0.588. The molecule has 1 aromatic carbocycles. The van der Waals surface area contributed by atoms with Crippen molar-refractivity contribution in [3.8, 4) is 0 Å². The Morgan fingerprint density at radius 1 is 0.871 bits per heavy atom. The molecule has 2 rings (SSSR count). The summed E-state index contributed by atoms with van der Waals surface area (Å²) in [7, 11) is 0.886. The van der Waals surface area contributed by atoms with E-state index in [1.54, 1.807) is 0 Å². The van der Waals surface area contributed by atoms with Crippen LogP contribution in [-0.2, 0) is 10.3 Å². The number of carbonyl (C=O) groups is 1. The summed E-state index contributed by atoms with van der Waals surface area (Å²) >= 11 is 0. The average molecular weight is 474 g/mol. The van der Waals surface area contributed by atoms with E-state index in [0.717, 1.165) is 25.3 Å². The van der Waals surface area contributed by atoms with Gasteiger partial charge in [-0.15, -0.1) is 0 Å². The van der Waals surface area contributed by atoms with Gasteiger partial charge in [0.05, 0.1) is 18.3 Å². The Morgan fingerprint density at radius 2 is 1.29 bits per heavy atom. The zero-order valence-corrected chi connectivity index (χ0v) is 15.4. The first-order valence-corrected chi connectivity index (χ1v) is 8.15. The van der Waals surface area contributed by atoms with Crippen LogP contribution < -0.4 is 0 Å². The summed E-state index contributed by atoms with van der Waals surface area (Å²) < 4.78 is 156. The summed E-state index contributed by atoms with van der Waals surface area (Å²) in [6.07, 6.45) is -2.87. The number of esters is 1. The highest BCUT2D eigenvalue weighted by Crippen LogP contribution is 2.71. The number of carbonyl (C=O) groups excluding carboxylic acids is 1. The zero-order valence-electron chi connectivity index (χ0n) is 15.4. The topological polar surface area (TPSA) is 46.5 Å². The summed E-state index contributed by atoms with van der Waals surface area (Å²) in [6.45, 7) is 0.305. The number of hydrogen-bond acceptors (Lipinski definition) is 3. The second-order valence-electron chi connectivity index (χ2n) is 7.20. The molecule has 1 aliphatic carbocycles. The number of methoxy groups -OCH3 is 1. The number of alkyl halides is 11. The van der Waals surface area contributed by atoms with Crippen LogP contribution in [0.3, 0.4) is 0 Å². The molecule has 14 heteroatoms. The highest BCUT2D eigenvalue weighted by Gasteiger charge is 3.01. The van der Waals surface area contributed by atoms with Gasteiger partial charge < -0.3 is 9.84 Å². The van der Waals surface area contributed by atoms with Crippen molar-refractivity contribution in [2.45, 2.75) is 54.2 Å². The predicted molar refractivity (Wildman–Crippen MR) is 80.5 cm³/mol. The quantitative estimate of drug-likeness (QED) is 0.496. The van der Waals surface area contributed by atoms with Gasteiger partial charge in [0.1, 0.15) is 0 Å². The Bertz CT molecular complexity index is 850. The van der Waals surface area contributed by atoms with E-state index in [4.69, 9.17) is 0 Å². The smallest absolute Gasteiger partial charge is 0.384 e. The molecule has 1 fully saturated rings. The molecule has 1 atom stereocenters. The van der Waals surface area contributed by atoms with Crippen LogP contribution in [0.4, 0.5) is 48.3 Å². The average Bonchev–Trinajstić information content (AvgIpc) is 2.65. The summed E-state index contributed by atoms with van der Waals surface area (Å²) in [6, 6.07) is 3.25. The minimum atomic E-state index is -7.33. The SMILES string of the molecule is COC(=O)c1cccc(C(C)(O)CC2(F)C(F)(F)C(F)(F)C(F)(F)C(F)(F)C2(F)F)c1. The molecule has 1 N–H and O–H groups in total. The lowest BCUT2D eigenvalue weighted by atomic mass is 9.67. The van der Waals surface area contributed by atoms with E-state index < -0.39 is 64.4 Å². The predicted octanol–water partition coefficient (Wildman–Crippen LogP) is 4.97. The molecule has 0 spiro atoms. The van der Waals surface area contributed by atoms with Crippen LogP contribution in [-0.4, -0.2) is 53.5 Å². The lowest BCUT2D eigenvalue weighted by Gasteiger charge is -2.53. The van der Waals surface area contributed by atoms with Crippen molar-refractivity contribution >= 4 is 5.97 Å². The first-order chi connectivity index (χ1) is 13.7. The van der Waals surface area contributed by atoms with Gasteiger partial charge in [-0.05, 0) is 24.6 Å². The minimum Gasteiger partial charge on any atom is -0.465 e. The zero-order chi connectivity index (χ0) is 24.5. The van der Waals surface area contributed by atoms with Gasteiger partial charge in [-0.1, -0.05) is 12.1 Å². The Balaban J connectivity index is 2.69.